The van der Waals surface area contributed by atoms with Crippen molar-refractivity contribution in [3.63, 3.8) is 0 Å². The molecule has 0 aromatic carbocycles. The number of H-pyrrole nitrogens is 1. The molecule has 24 heavy (non-hydrogen) atoms. The van der Waals surface area contributed by atoms with Crippen molar-refractivity contribution >= 4 is 45.9 Å². The Labute approximate surface area is 150 Å². The highest BCUT2D eigenvalue weighted by atomic mass is 35.5. The maximum absolute atomic E-state index is 6.37. The lowest BCUT2D eigenvalue weighted by atomic mass is 10.1. The number of fused-ring (bicyclic) bond motifs is 1. The molecule has 3 heterocycles. The Hall–Kier alpha value is -2.05. The van der Waals surface area contributed by atoms with Gasteiger partial charge in [0.1, 0.15) is 17.3 Å². The molecule has 3 aromatic rings. The predicted octanol–water partition coefficient (Wildman–Crippen LogP) is 2.87. The van der Waals surface area contributed by atoms with Crippen molar-refractivity contribution in [2.45, 2.75) is 20.4 Å². The zero-order valence-electron chi connectivity index (χ0n) is 14.0. The Morgan fingerprint density at radius 3 is 2.62 bits per heavy atom. The third kappa shape index (κ3) is 2.76. The van der Waals surface area contributed by atoms with Crippen LogP contribution in [-0.4, -0.2) is 28.6 Å². The molecular formula is C16H19Cl2N6+. The number of nitrogens with zero attached hydrogens (tertiary/aromatic N) is 4. The first-order valence-corrected chi connectivity index (χ1v) is 8.20. The largest absolute Gasteiger partial charge is 0.376 e. The summed E-state index contributed by atoms with van der Waals surface area (Å²) in [5.74, 6) is 0.153. The number of aryl methyl sites for hydroxylation is 1. The van der Waals surface area contributed by atoms with E-state index in [1.54, 1.807) is 0 Å². The number of pyridine rings is 1. The van der Waals surface area contributed by atoms with Gasteiger partial charge >= 0.3 is 0 Å². The first-order chi connectivity index (χ1) is 11.3. The monoisotopic (exact) mass is 365 g/mol. The van der Waals surface area contributed by atoms with Crippen molar-refractivity contribution in [2.75, 3.05) is 24.7 Å². The van der Waals surface area contributed by atoms with E-state index in [-0.39, 0.29) is 5.95 Å². The number of nitrogen functional groups attached to an aromatic ring is 1. The van der Waals surface area contributed by atoms with E-state index in [1.165, 1.54) is 0 Å². The number of anilines is 2. The summed E-state index contributed by atoms with van der Waals surface area (Å²) in [5, 5.41) is 1.90. The SMILES string of the molecule is Cc1c[nH+]c(Cn2cc(N(C)C)c3c(Cl)nc(N)nc32)c(C)c1Cl. The van der Waals surface area contributed by atoms with Crippen molar-refractivity contribution < 1.29 is 4.98 Å². The number of rotatable bonds is 3. The molecule has 126 valence electrons. The predicted molar refractivity (Wildman–Crippen MR) is 97.9 cm³/mol. The fraction of sp³-hybridized carbons (Fsp3) is 0.312. The van der Waals surface area contributed by atoms with Gasteiger partial charge in [-0.05, 0) is 13.8 Å². The second kappa shape index (κ2) is 6.11. The quantitative estimate of drug-likeness (QED) is 0.724. The van der Waals surface area contributed by atoms with Crippen LogP contribution in [0.5, 0.6) is 0 Å². The van der Waals surface area contributed by atoms with E-state index in [4.69, 9.17) is 28.9 Å². The Kier molecular flexibility index (Phi) is 4.27. The van der Waals surface area contributed by atoms with Crippen LogP contribution in [0, 0.1) is 13.8 Å². The van der Waals surface area contributed by atoms with Crippen LogP contribution in [0.2, 0.25) is 10.2 Å². The van der Waals surface area contributed by atoms with Crippen LogP contribution >= 0.6 is 23.2 Å². The lowest BCUT2D eigenvalue weighted by molar-refractivity contribution is -0.391. The Morgan fingerprint density at radius 2 is 1.96 bits per heavy atom. The molecule has 3 aromatic heterocycles. The van der Waals surface area contributed by atoms with Crippen molar-refractivity contribution in [1.82, 2.24) is 14.5 Å². The third-order valence-corrected chi connectivity index (χ3v) is 4.93. The lowest BCUT2D eigenvalue weighted by Gasteiger charge is -2.10. The van der Waals surface area contributed by atoms with Crippen molar-refractivity contribution in [3.8, 4) is 0 Å². The molecular weight excluding hydrogens is 347 g/mol. The Balaban J connectivity index is 2.19. The number of hydrogen-bond donors (Lipinski definition) is 1. The summed E-state index contributed by atoms with van der Waals surface area (Å²) in [4.78, 5) is 13.7. The van der Waals surface area contributed by atoms with Gasteiger partial charge in [-0.2, -0.15) is 4.98 Å². The lowest BCUT2D eigenvalue weighted by Crippen LogP contribution is -2.17. The van der Waals surface area contributed by atoms with Gasteiger partial charge in [-0.15, -0.1) is 0 Å². The van der Waals surface area contributed by atoms with E-state index in [9.17, 15) is 0 Å². The van der Waals surface area contributed by atoms with Crippen LogP contribution < -0.4 is 15.6 Å². The molecule has 6 nitrogen and oxygen atoms in total. The maximum atomic E-state index is 6.37. The van der Waals surface area contributed by atoms with Gasteiger partial charge in [0.2, 0.25) is 11.6 Å². The summed E-state index contributed by atoms with van der Waals surface area (Å²) in [6.45, 7) is 4.54. The number of hydrogen-bond acceptors (Lipinski definition) is 4. The van der Waals surface area contributed by atoms with Crippen LogP contribution in [0.4, 0.5) is 11.6 Å². The smallest absolute Gasteiger partial charge is 0.223 e. The molecule has 0 saturated heterocycles. The van der Waals surface area contributed by atoms with Gasteiger partial charge in [0, 0.05) is 31.4 Å². The number of nitrogens with one attached hydrogen (secondary N) is 1. The highest BCUT2D eigenvalue weighted by Gasteiger charge is 2.20. The molecule has 0 aliphatic heterocycles. The summed E-state index contributed by atoms with van der Waals surface area (Å²) < 4.78 is 2.00. The molecule has 0 aliphatic rings. The fourth-order valence-corrected chi connectivity index (χ4v) is 3.17. The summed E-state index contributed by atoms with van der Waals surface area (Å²) >= 11 is 12.7. The molecule has 3 rings (SSSR count). The molecule has 0 spiro atoms. The van der Waals surface area contributed by atoms with Crippen molar-refractivity contribution in [2.24, 2.45) is 0 Å². The summed E-state index contributed by atoms with van der Waals surface area (Å²) in [6, 6.07) is 0. The van der Waals surface area contributed by atoms with Gasteiger partial charge in [0.15, 0.2) is 6.20 Å². The van der Waals surface area contributed by atoms with Gasteiger partial charge in [0.25, 0.3) is 0 Å². The number of nitrogens with two attached hydrogens (primary N) is 1. The second-order valence-corrected chi connectivity index (χ2v) is 6.73. The van der Waals surface area contributed by atoms with Crippen molar-refractivity contribution in [1.29, 1.82) is 0 Å². The normalized spacial score (nSPS) is 11.2. The molecule has 0 radical (unpaired) electrons. The van der Waals surface area contributed by atoms with Crippen LogP contribution in [0.1, 0.15) is 16.8 Å². The minimum Gasteiger partial charge on any atom is -0.376 e. The minimum atomic E-state index is 0.153. The fourth-order valence-electron chi connectivity index (χ4n) is 2.73. The maximum Gasteiger partial charge on any atom is 0.223 e. The number of aromatic amines is 1. The molecule has 3 N–H and O–H groups in total. The molecule has 0 atom stereocenters. The molecule has 0 unspecified atom stereocenters. The van der Waals surface area contributed by atoms with Crippen LogP contribution in [-0.2, 0) is 6.54 Å². The Morgan fingerprint density at radius 1 is 1.25 bits per heavy atom. The van der Waals surface area contributed by atoms with E-state index < -0.39 is 0 Å². The zero-order chi connectivity index (χ0) is 17.6. The van der Waals surface area contributed by atoms with E-state index >= 15 is 0 Å². The van der Waals surface area contributed by atoms with Crippen LogP contribution in [0.3, 0.4) is 0 Å². The number of aromatic nitrogens is 4. The molecule has 8 heteroatoms. The van der Waals surface area contributed by atoms with Gasteiger partial charge in [-0.25, -0.2) is 9.97 Å². The molecule has 0 saturated carbocycles. The van der Waals surface area contributed by atoms with E-state index in [0.717, 1.165) is 32.9 Å². The highest BCUT2D eigenvalue weighted by molar-refractivity contribution is 6.35. The van der Waals surface area contributed by atoms with Gasteiger partial charge in [-0.3, -0.25) is 0 Å². The standard InChI is InChI=1S/C16H18Cl2N6/c1-8-5-20-10(9(2)13(8)17)6-24-7-11(23(3)4)12-14(18)21-16(19)22-15(12)24/h5,7H,6H2,1-4H3,(H2,19,21,22)/p+1. The highest BCUT2D eigenvalue weighted by Crippen LogP contribution is 2.33. The van der Waals surface area contributed by atoms with E-state index in [0.29, 0.717) is 17.3 Å². The van der Waals surface area contributed by atoms with Gasteiger partial charge < -0.3 is 15.2 Å². The molecule has 0 amide bonds. The first-order valence-electron chi connectivity index (χ1n) is 7.45. The molecule has 0 bridgehead atoms. The summed E-state index contributed by atoms with van der Waals surface area (Å²) in [5.41, 5.74) is 10.4. The van der Waals surface area contributed by atoms with Gasteiger partial charge in [-0.1, -0.05) is 23.2 Å². The molecule has 0 fully saturated rings. The van der Waals surface area contributed by atoms with Crippen LogP contribution in [0.25, 0.3) is 11.0 Å². The van der Waals surface area contributed by atoms with E-state index in [2.05, 4.69) is 15.0 Å². The Bertz CT molecular complexity index is 932. The minimum absolute atomic E-state index is 0.153. The third-order valence-electron chi connectivity index (χ3n) is 4.07. The summed E-state index contributed by atoms with van der Waals surface area (Å²) in [7, 11) is 3.90. The van der Waals surface area contributed by atoms with Crippen LogP contribution in [0.15, 0.2) is 12.4 Å². The summed E-state index contributed by atoms with van der Waals surface area (Å²) in [6.07, 6.45) is 3.89. The van der Waals surface area contributed by atoms with Gasteiger partial charge in [0.05, 0.1) is 16.1 Å². The number of halogens is 2. The molecule has 0 aliphatic carbocycles. The van der Waals surface area contributed by atoms with E-state index in [1.807, 2.05) is 49.8 Å². The zero-order valence-corrected chi connectivity index (χ0v) is 15.5. The first kappa shape index (κ1) is 16.8. The second-order valence-electron chi connectivity index (χ2n) is 6.00. The van der Waals surface area contributed by atoms with Crippen molar-refractivity contribution in [3.05, 3.63) is 39.4 Å². The topological polar surface area (TPSA) is 74.1 Å². The average molecular weight is 366 g/mol. The average Bonchev–Trinajstić information content (AvgIpc) is 2.87.